The van der Waals surface area contributed by atoms with Crippen LogP contribution in [-0.4, -0.2) is 11.7 Å². The Balaban J connectivity index is 2.14. The molecule has 28 heavy (non-hydrogen) atoms. The van der Waals surface area contributed by atoms with Crippen molar-refractivity contribution in [2.45, 2.75) is 46.5 Å². The number of anilines is 1. The third-order valence-corrected chi connectivity index (χ3v) is 5.32. The lowest BCUT2D eigenvalue weighted by Crippen LogP contribution is -2.29. The molecule has 2 aromatic carbocycles. The molecule has 0 saturated heterocycles. The molecule has 0 fully saturated rings. The molecule has 3 heteroatoms. The van der Waals surface area contributed by atoms with Crippen LogP contribution in [0.25, 0.3) is 0 Å². The second-order valence-corrected chi connectivity index (χ2v) is 7.88. The van der Waals surface area contributed by atoms with Gasteiger partial charge in [-0.2, -0.15) is 0 Å². The lowest BCUT2D eigenvalue weighted by Gasteiger charge is -2.28. The topological polar surface area (TPSA) is 37.4 Å². The summed E-state index contributed by atoms with van der Waals surface area (Å²) in [7, 11) is 0. The molecule has 0 unspecified atom stereocenters. The van der Waals surface area contributed by atoms with Crippen LogP contribution in [0, 0.1) is 0 Å². The SMILES string of the molecule is C=C1C(C)=C(C(=O)c2ccccc2)C(=O)N1c1c(C(C)C)cccc1C(C)C. The standard InChI is InChI=1S/C25H27NO2/c1-15(2)20-13-10-14-21(16(3)4)23(20)26-18(6)17(5)22(25(26)28)24(27)19-11-8-7-9-12-19/h7-16H,6H2,1-5H3. The fourth-order valence-corrected chi connectivity index (χ4v) is 3.71. The van der Waals surface area contributed by atoms with Gasteiger partial charge in [0.2, 0.25) is 0 Å². The van der Waals surface area contributed by atoms with Crippen molar-refractivity contribution in [3.63, 3.8) is 0 Å². The van der Waals surface area contributed by atoms with Gasteiger partial charge in [0, 0.05) is 11.3 Å². The van der Waals surface area contributed by atoms with E-state index in [0.29, 0.717) is 16.8 Å². The molecule has 1 aliphatic rings. The van der Waals surface area contributed by atoms with E-state index >= 15 is 0 Å². The van der Waals surface area contributed by atoms with Gasteiger partial charge in [0.25, 0.3) is 5.91 Å². The molecule has 2 aromatic rings. The summed E-state index contributed by atoms with van der Waals surface area (Å²) in [4.78, 5) is 28.2. The molecule has 0 atom stereocenters. The smallest absolute Gasteiger partial charge is 0.267 e. The average molecular weight is 373 g/mol. The first-order chi connectivity index (χ1) is 13.3. The van der Waals surface area contributed by atoms with Crippen LogP contribution in [0.2, 0.25) is 0 Å². The van der Waals surface area contributed by atoms with Gasteiger partial charge in [-0.15, -0.1) is 0 Å². The number of rotatable bonds is 5. The molecule has 0 saturated carbocycles. The minimum Gasteiger partial charge on any atom is -0.288 e. The molecule has 1 aliphatic heterocycles. The Morgan fingerprint density at radius 3 is 1.93 bits per heavy atom. The molecule has 0 radical (unpaired) electrons. The van der Waals surface area contributed by atoms with Gasteiger partial charge < -0.3 is 0 Å². The third-order valence-electron chi connectivity index (χ3n) is 5.32. The molecule has 0 bridgehead atoms. The van der Waals surface area contributed by atoms with E-state index in [1.807, 2.05) is 19.1 Å². The molecule has 1 amide bonds. The quantitative estimate of drug-likeness (QED) is 0.476. The monoisotopic (exact) mass is 373 g/mol. The van der Waals surface area contributed by atoms with E-state index in [0.717, 1.165) is 16.8 Å². The fourth-order valence-electron chi connectivity index (χ4n) is 3.71. The summed E-state index contributed by atoms with van der Waals surface area (Å²) in [6, 6.07) is 15.1. The number of Topliss-reactive ketones (excluding diaryl/α,β-unsaturated/α-hetero) is 1. The van der Waals surface area contributed by atoms with Crippen molar-refractivity contribution in [2.75, 3.05) is 4.90 Å². The second kappa shape index (κ2) is 7.59. The van der Waals surface area contributed by atoms with E-state index in [9.17, 15) is 9.59 Å². The van der Waals surface area contributed by atoms with Gasteiger partial charge in [-0.25, -0.2) is 0 Å². The Kier molecular flexibility index (Phi) is 5.37. The van der Waals surface area contributed by atoms with Crippen LogP contribution in [0.5, 0.6) is 0 Å². The van der Waals surface area contributed by atoms with Crippen LogP contribution in [0.1, 0.15) is 67.9 Å². The zero-order valence-electron chi connectivity index (χ0n) is 17.2. The van der Waals surface area contributed by atoms with E-state index in [4.69, 9.17) is 0 Å². The molecule has 1 heterocycles. The van der Waals surface area contributed by atoms with Crippen LogP contribution >= 0.6 is 0 Å². The van der Waals surface area contributed by atoms with Gasteiger partial charge >= 0.3 is 0 Å². The lowest BCUT2D eigenvalue weighted by atomic mass is 9.91. The Bertz CT molecular complexity index is 955. The Labute approximate surface area is 167 Å². The van der Waals surface area contributed by atoms with Crippen molar-refractivity contribution >= 4 is 17.4 Å². The number of allylic oxidation sites excluding steroid dienone is 1. The van der Waals surface area contributed by atoms with Crippen molar-refractivity contribution < 1.29 is 9.59 Å². The molecule has 3 nitrogen and oxygen atoms in total. The van der Waals surface area contributed by atoms with E-state index in [2.05, 4.69) is 46.4 Å². The highest BCUT2D eigenvalue weighted by atomic mass is 16.2. The highest BCUT2D eigenvalue weighted by Crippen LogP contribution is 2.42. The molecule has 0 N–H and O–H groups in total. The maximum Gasteiger partial charge on any atom is 0.267 e. The summed E-state index contributed by atoms with van der Waals surface area (Å²) >= 11 is 0. The molecule has 0 aliphatic carbocycles. The predicted molar refractivity (Wildman–Crippen MR) is 115 cm³/mol. The van der Waals surface area contributed by atoms with E-state index < -0.39 is 0 Å². The Hall–Kier alpha value is -2.94. The lowest BCUT2D eigenvalue weighted by molar-refractivity contribution is -0.114. The number of hydrogen-bond acceptors (Lipinski definition) is 2. The van der Waals surface area contributed by atoms with Gasteiger partial charge in [0.05, 0.1) is 11.3 Å². The van der Waals surface area contributed by atoms with Crippen molar-refractivity contribution in [3.8, 4) is 0 Å². The number of hydrogen-bond donors (Lipinski definition) is 0. The zero-order valence-corrected chi connectivity index (χ0v) is 17.2. The van der Waals surface area contributed by atoms with Crippen LogP contribution in [0.4, 0.5) is 5.69 Å². The first-order valence-corrected chi connectivity index (χ1v) is 9.72. The molecule has 0 spiro atoms. The summed E-state index contributed by atoms with van der Waals surface area (Å²) in [5.41, 5.74) is 5.00. The minimum absolute atomic E-state index is 0.212. The zero-order chi connectivity index (χ0) is 20.6. The number of ketones is 1. The first-order valence-electron chi connectivity index (χ1n) is 9.72. The van der Waals surface area contributed by atoms with Crippen LogP contribution in [-0.2, 0) is 4.79 Å². The summed E-state index contributed by atoms with van der Waals surface area (Å²) in [5, 5.41) is 0. The van der Waals surface area contributed by atoms with Crippen molar-refractivity contribution in [1.29, 1.82) is 0 Å². The Morgan fingerprint density at radius 1 is 0.893 bits per heavy atom. The fraction of sp³-hybridized carbons (Fsp3) is 0.280. The van der Waals surface area contributed by atoms with Crippen LogP contribution < -0.4 is 4.90 Å². The van der Waals surface area contributed by atoms with E-state index in [1.165, 1.54) is 0 Å². The number of benzene rings is 2. The predicted octanol–water partition coefficient (Wildman–Crippen LogP) is 5.99. The van der Waals surface area contributed by atoms with Crippen LogP contribution in [0.3, 0.4) is 0 Å². The third kappa shape index (κ3) is 3.22. The maximum atomic E-state index is 13.5. The number of carbonyl (C=O) groups is 2. The van der Waals surface area contributed by atoms with Gasteiger partial charge in [0.1, 0.15) is 0 Å². The molecule has 144 valence electrons. The van der Waals surface area contributed by atoms with Crippen LogP contribution in [0.15, 0.2) is 72.0 Å². The van der Waals surface area contributed by atoms with Gasteiger partial charge in [-0.05, 0) is 35.5 Å². The Morgan fingerprint density at radius 2 is 1.43 bits per heavy atom. The molecule has 0 aromatic heterocycles. The first kappa shape index (κ1) is 19.8. The maximum absolute atomic E-state index is 13.5. The average Bonchev–Trinajstić information content (AvgIpc) is 2.89. The second-order valence-electron chi connectivity index (χ2n) is 7.88. The molecule has 3 rings (SSSR count). The van der Waals surface area contributed by atoms with Crippen molar-refractivity contribution in [3.05, 3.63) is 88.6 Å². The van der Waals surface area contributed by atoms with Gasteiger partial charge in [0.15, 0.2) is 5.78 Å². The summed E-state index contributed by atoms with van der Waals surface area (Å²) in [5.74, 6) is -0.0572. The highest BCUT2D eigenvalue weighted by molar-refractivity contribution is 6.33. The largest absolute Gasteiger partial charge is 0.288 e. The van der Waals surface area contributed by atoms with Crippen molar-refractivity contribution in [2.24, 2.45) is 0 Å². The minimum atomic E-state index is -0.286. The number of nitrogens with zero attached hydrogens (tertiary/aromatic N) is 1. The summed E-state index contributed by atoms with van der Waals surface area (Å²) in [6.07, 6.45) is 0. The van der Waals surface area contributed by atoms with Gasteiger partial charge in [-0.3, -0.25) is 14.5 Å². The van der Waals surface area contributed by atoms with E-state index in [-0.39, 0.29) is 29.1 Å². The normalized spacial score (nSPS) is 14.6. The van der Waals surface area contributed by atoms with E-state index in [1.54, 1.807) is 29.2 Å². The molecular formula is C25H27NO2. The van der Waals surface area contributed by atoms with Gasteiger partial charge in [-0.1, -0.05) is 82.8 Å². The van der Waals surface area contributed by atoms with Crippen molar-refractivity contribution in [1.82, 2.24) is 0 Å². The number of para-hydroxylation sites is 1. The summed E-state index contributed by atoms with van der Waals surface area (Å²) in [6.45, 7) is 14.4. The molecular weight excluding hydrogens is 346 g/mol. The summed E-state index contributed by atoms with van der Waals surface area (Å²) < 4.78 is 0. The number of carbonyl (C=O) groups excluding carboxylic acids is 2. The number of amides is 1. The highest BCUT2D eigenvalue weighted by Gasteiger charge is 2.39.